The van der Waals surface area contributed by atoms with Crippen molar-refractivity contribution in [2.24, 2.45) is 17.3 Å². The van der Waals surface area contributed by atoms with E-state index in [-0.39, 0.29) is 18.5 Å². The maximum absolute atomic E-state index is 12.0. The number of ether oxygens (including phenoxy) is 1. The van der Waals surface area contributed by atoms with E-state index in [1.54, 1.807) is 0 Å². The normalized spacial score (nSPS) is 24.3. The molecule has 4 heteroatoms. The third-order valence-corrected chi connectivity index (χ3v) is 4.07. The van der Waals surface area contributed by atoms with Crippen LogP contribution < -0.4 is 0 Å². The Labute approximate surface area is 112 Å². The SMILES string of the molecule is CC1(C)[C@@H](C(=O)O)C[C@H]1C(=O)OCc1ccccc1. The molecule has 2 atom stereocenters. The number of aliphatic carboxylic acids is 1. The second-order valence-corrected chi connectivity index (χ2v) is 5.59. The first-order valence-electron chi connectivity index (χ1n) is 6.36. The summed E-state index contributed by atoms with van der Waals surface area (Å²) in [5.41, 5.74) is 0.405. The number of carbonyl (C=O) groups is 2. The molecule has 102 valence electrons. The largest absolute Gasteiger partial charge is 0.481 e. The highest BCUT2D eigenvalue weighted by atomic mass is 16.5. The van der Waals surface area contributed by atoms with Crippen LogP contribution in [0.2, 0.25) is 0 Å². The van der Waals surface area contributed by atoms with Crippen molar-refractivity contribution < 1.29 is 19.4 Å². The van der Waals surface area contributed by atoms with Crippen molar-refractivity contribution in [3.8, 4) is 0 Å². The minimum absolute atomic E-state index is 0.240. The van der Waals surface area contributed by atoms with Crippen LogP contribution >= 0.6 is 0 Å². The van der Waals surface area contributed by atoms with Gasteiger partial charge in [0.05, 0.1) is 11.8 Å². The Morgan fingerprint density at radius 2 is 1.89 bits per heavy atom. The molecule has 1 aromatic rings. The molecule has 1 aliphatic rings. The van der Waals surface area contributed by atoms with Crippen LogP contribution in [0.1, 0.15) is 25.8 Å². The molecule has 0 aliphatic heterocycles. The van der Waals surface area contributed by atoms with Gasteiger partial charge in [0.25, 0.3) is 0 Å². The third kappa shape index (κ3) is 2.62. The van der Waals surface area contributed by atoms with Crippen LogP contribution in [-0.4, -0.2) is 17.0 Å². The lowest BCUT2D eigenvalue weighted by Crippen LogP contribution is -2.52. The van der Waals surface area contributed by atoms with Crippen LogP contribution in [0.25, 0.3) is 0 Å². The van der Waals surface area contributed by atoms with Gasteiger partial charge in [0, 0.05) is 0 Å². The fourth-order valence-corrected chi connectivity index (χ4v) is 2.57. The lowest BCUT2D eigenvalue weighted by atomic mass is 9.55. The summed E-state index contributed by atoms with van der Waals surface area (Å²) in [5, 5.41) is 9.02. The number of carboxylic acid groups (broad SMARTS) is 1. The monoisotopic (exact) mass is 262 g/mol. The van der Waals surface area contributed by atoms with Crippen LogP contribution in [0.3, 0.4) is 0 Å². The molecular weight excluding hydrogens is 244 g/mol. The zero-order valence-electron chi connectivity index (χ0n) is 11.1. The number of esters is 1. The van der Waals surface area contributed by atoms with Gasteiger partial charge >= 0.3 is 11.9 Å². The molecule has 4 nitrogen and oxygen atoms in total. The van der Waals surface area contributed by atoms with Crippen LogP contribution in [0.4, 0.5) is 0 Å². The molecule has 0 saturated heterocycles. The first kappa shape index (κ1) is 13.6. The molecule has 1 saturated carbocycles. The van der Waals surface area contributed by atoms with Crippen LogP contribution in [0.5, 0.6) is 0 Å². The van der Waals surface area contributed by atoms with Gasteiger partial charge in [-0.25, -0.2) is 0 Å². The van der Waals surface area contributed by atoms with Crippen LogP contribution in [-0.2, 0) is 20.9 Å². The molecular formula is C15H18O4. The molecule has 1 N–H and O–H groups in total. The molecule has 0 bridgehead atoms. The number of carbonyl (C=O) groups excluding carboxylic acids is 1. The Kier molecular flexibility index (Phi) is 3.60. The van der Waals surface area contributed by atoms with Gasteiger partial charge in [-0.15, -0.1) is 0 Å². The van der Waals surface area contributed by atoms with Crippen molar-refractivity contribution in [2.75, 3.05) is 0 Å². The topological polar surface area (TPSA) is 63.6 Å². The average Bonchev–Trinajstić information content (AvgIpc) is 2.36. The number of rotatable bonds is 4. The second-order valence-electron chi connectivity index (χ2n) is 5.59. The summed E-state index contributed by atoms with van der Waals surface area (Å²) in [6, 6.07) is 9.45. The molecule has 1 aliphatic carbocycles. The van der Waals surface area contributed by atoms with E-state index in [1.807, 2.05) is 44.2 Å². The summed E-state index contributed by atoms with van der Waals surface area (Å²) in [4.78, 5) is 23.0. The van der Waals surface area contributed by atoms with E-state index < -0.39 is 17.3 Å². The number of benzene rings is 1. The highest BCUT2D eigenvalue weighted by Crippen LogP contribution is 2.51. The fraction of sp³-hybridized carbons (Fsp3) is 0.467. The zero-order chi connectivity index (χ0) is 14.0. The molecule has 0 heterocycles. The Morgan fingerprint density at radius 3 is 2.42 bits per heavy atom. The van der Waals surface area contributed by atoms with Gasteiger partial charge in [-0.2, -0.15) is 0 Å². The first-order chi connectivity index (χ1) is 8.93. The maximum atomic E-state index is 12.0. The van der Waals surface area contributed by atoms with Gasteiger partial charge in [-0.1, -0.05) is 44.2 Å². The second kappa shape index (κ2) is 5.03. The molecule has 0 radical (unpaired) electrons. The van der Waals surface area contributed by atoms with Crippen molar-refractivity contribution in [1.82, 2.24) is 0 Å². The van der Waals surface area contributed by atoms with Crippen molar-refractivity contribution in [2.45, 2.75) is 26.9 Å². The summed E-state index contributed by atoms with van der Waals surface area (Å²) in [5.74, 6) is -1.91. The smallest absolute Gasteiger partial charge is 0.309 e. The summed E-state index contributed by atoms with van der Waals surface area (Å²) in [7, 11) is 0. The van der Waals surface area contributed by atoms with Crippen LogP contribution in [0, 0.1) is 17.3 Å². The first-order valence-corrected chi connectivity index (χ1v) is 6.36. The zero-order valence-corrected chi connectivity index (χ0v) is 11.1. The van der Waals surface area contributed by atoms with E-state index in [9.17, 15) is 9.59 Å². The van der Waals surface area contributed by atoms with E-state index in [0.29, 0.717) is 6.42 Å². The average molecular weight is 262 g/mol. The Morgan fingerprint density at radius 1 is 1.26 bits per heavy atom. The van der Waals surface area contributed by atoms with Crippen molar-refractivity contribution in [1.29, 1.82) is 0 Å². The Hall–Kier alpha value is -1.84. The molecule has 1 fully saturated rings. The van der Waals surface area contributed by atoms with E-state index >= 15 is 0 Å². The summed E-state index contributed by atoms with van der Waals surface area (Å²) in [6.45, 7) is 3.86. The fourth-order valence-electron chi connectivity index (χ4n) is 2.57. The summed E-state index contributed by atoms with van der Waals surface area (Å²) >= 11 is 0. The van der Waals surface area contributed by atoms with Crippen molar-refractivity contribution in [3.05, 3.63) is 35.9 Å². The lowest BCUT2D eigenvalue weighted by Gasteiger charge is -2.48. The predicted molar refractivity (Wildman–Crippen MR) is 69.3 cm³/mol. The Balaban J connectivity index is 1.90. The standard InChI is InChI=1S/C15H18O4/c1-15(2)11(13(16)17)8-12(15)14(18)19-9-10-6-4-3-5-7-10/h3-7,11-12H,8-9H2,1-2H3,(H,16,17)/t11-,12+/m1/s1. The molecule has 19 heavy (non-hydrogen) atoms. The minimum atomic E-state index is -0.836. The van der Waals surface area contributed by atoms with Crippen LogP contribution in [0.15, 0.2) is 30.3 Å². The lowest BCUT2D eigenvalue weighted by molar-refractivity contribution is -0.176. The number of carboxylic acids is 1. The Bertz CT molecular complexity index is 478. The third-order valence-electron chi connectivity index (χ3n) is 4.07. The minimum Gasteiger partial charge on any atom is -0.481 e. The maximum Gasteiger partial charge on any atom is 0.309 e. The molecule has 0 spiro atoms. The van der Waals surface area contributed by atoms with E-state index in [0.717, 1.165) is 5.56 Å². The van der Waals surface area contributed by atoms with Gasteiger partial charge < -0.3 is 9.84 Å². The van der Waals surface area contributed by atoms with E-state index in [2.05, 4.69) is 0 Å². The van der Waals surface area contributed by atoms with Gasteiger partial charge in [-0.3, -0.25) is 9.59 Å². The van der Waals surface area contributed by atoms with Gasteiger partial charge in [0.2, 0.25) is 0 Å². The van der Waals surface area contributed by atoms with Crippen molar-refractivity contribution >= 4 is 11.9 Å². The quantitative estimate of drug-likeness (QED) is 0.847. The number of hydrogen-bond acceptors (Lipinski definition) is 3. The van der Waals surface area contributed by atoms with Gasteiger partial charge in [0.1, 0.15) is 6.61 Å². The highest BCUT2D eigenvalue weighted by Gasteiger charge is 2.55. The predicted octanol–water partition coefficient (Wildman–Crippen LogP) is 2.48. The summed E-state index contributed by atoms with van der Waals surface area (Å²) < 4.78 is 5.26. The molecule has 0 aromatic heterocycles. The van der Waals surface area contributed by atoms with Crippen molar-refractivity contribution in [3.63, 3.8) is 0 Å². The molecule has 0 unspecified atom stereocenters. The van der Waals surface area contributed by atoms with E-state index in [1.165, 1.54) is 0 Å². The molecule has 0 amide bonds. The van der Waals surface area contributed by atoms with Gasteiger partial charge in [-0.05, 0) is 17.4 Å². The molecule has 1 aromatic carbocycles. The highest BCUT2D eigenvalue weighted by molar-refractivity contribution is 5.81. The van der Waals surface area contributed by atoms with E-state index in [4.69, 9.17) is 9.84 Å². The number of hydrogen-bond donors (Lipinski definition) is 1. The summed E-state index contributed by atoms with van der Waals surface area (Å²) in [6.07, 6.45) is 0.371. The van der Waals surface area contributed by atoms with Gasteiger partial charge in [0.15, 0.2) is 0 Å². The molecule has 2 rings (SSSR count).